The Bertz CT molecular complexity index is 512. The van der Waals surface area contributed by atoms with Gasteiger partial charge in [0.2, 0.25) is 0 Å². The molecule has 2 aromatic rings. The molecule has 0 bridgehead atoms. The first-order valence-electron chi connectivity index (χ1n) is 5.01. The smallest absolute Gasteiger partial charge is 0.145 e. The maximum Gasteiger partial charge on any atom is 0.145 e. The van der Waals surface area contributed by atoms with Crippen molar-refractivity contribution in [3.8, 4) is 11.5 Å². The Hall–Kier alpha value is -1.81. The number of hydrogen-bond acceptors (Lipinski definition) is 4. The number of benzene rings is 1. The van der Waals surface area contributed by atoms with E-state index in [0.717, 1.165) is 28.1 Å². The molecule has 1 aromatic heterocycles. The van der Waals surface area contributed by atoms with E-state index in [1.807, 2.05) is 24.3 Å². The molecule has 0 saturated heterocycles. The quantitative estimate of drug-likeness (QED) is 0.852. The van der Waals surface area contributed by atoms with Crippen LogP contribution < -0.4 is 15.2 Å². The zero-order valence-electron chi connectivity index (χ0n) is 9.36. The van der Waals surface area contributed by atoms with Crippen molar-refractivity contribution in [1.29, 1.82) is 0 Å². The van der Waals surface area contributed by atoms with Crippen molar-refractivity contribution < 1.29 is 9.47 Å². The number of nitrogens with two attached hydrogens (primary N) is 1. The van der Waals surface area contributed by atoms with Gasteiger partial charge in [-0.15, -0.1) is 0 Å². The van der Waals surface area contributed by atoms with Crippen LogP contribution in [0.2, 0.25) is 0 Å². The molecule has 2 rings (SSSR count). The molecule has 0 saturated carbocycles. The van der Waals surface area contributed by atoms with Crippen LogP contribution in [-0.2, 0) is 6.54 Å². The number of methoxy groups -OCH3 is 2. The molecule has 0 fully saturated rings. The lowest BCUT2D eigenvalue weighted by Crippen LogP contribution is -2.00. The van der Waals surface area contributed by atoms with E-state index in [-0.39, 0.29) is 0 Å². The van der Waals surface area contributed by atoms with Crippen molar-refractivity contribution in [3.05, 3.63) is 30.0 Å². The standard InChI is InChI=1S/C12H14N2O2/c1-15-10-5-6-11(16-2)12-9(10)4-3-8(7-13)14-12/h3-6H,7,13H2,1-2H3. The highest BCUT2D eigenvalue weighted by atomic mass is 16.5. The first kappa shape index (κ1) is 10.7. The number of ether oxygens (including phenoxy) is 2. The van der Waals surface area contributed by atoms with Crippen LogP contribution in [0.1, 0.15) is 5.69 Å². The van der Waals surface area contributed by atoms with Gasteiger partial charge in [0.1, 0.15) is 17.0 Å². The molecule has 4 heteroatoms. The van der Waals surface area contributed by atoms with Gasteiger partial charge in [-0.1, -0.05) is 0 Å². The average molecular weight is 218 g/mol. The first-order chi connectivity index (χ1) is 7.80. The highest BCUT2D eigenvalue weighted by molar-refractivity contribution is 5.90. The molecule has 1 aromatic carbocycles. The highest BCUT2D eigenvalue weighted by Crippen LogP contribution is 2.31. The molecular weight excluding hydrogens is 204 g/mol. The summed E-state index contributed by atoms with van der Waals surface area (Å²) in [4.78, 5) is 4.44. The maximum atomic E-state index is 5.57. The maximum absolute atomic E-state index is 5.57. The van der Waals surface area contributed by atoms with Gasteiger partial charge in [0.05, 0.1) is 19.9 Å². The molecule has 0 spiro atoms. The van der Waals surface area contributed by atoms with Crippen LogP contribution in [0.4, 0.5) is 0 Å². The second kappa shape index (κ2) is 4.37. The van der Waals surface area contributed by atoms with Crippen LogP contribution in [0, 0.1) is 0 Å². The van der Waals surface area contributed by atoms with Gasteiger partial charge in [-0.25, -0.2) is 4.98 Å². The van der Waals surface area contributed by atoms with Gasteiger partial charge in [-0.05, 0) is 24.3 Å². The summed E-state index contributed by atoms with van der Waals surface area (Å²) in [6.07, 6.45) is 0. The highest BCUT2D eigenvalue weighted by Gasteiger charge is 2.08. The van der Waals surface area contributed by atoms with Crippen LogP contribution in [0.15, 0.2) is 24.3 Å². The predicted molar refractivity (Wildman–Crippen MR) is 62.7 cm³/mol. The molecule has 0 atom stereocenters. The summed E-state index contributed by atoms with van der Waals surface area (Å²) in [6.45, 7) is 0.413. The molecule has 0 aliphatic carbocycles. The molecule has 0 aliphatic rings. The number of fused-ring (bicyclic) bond motifs is 1. The van der Waals surface area contributed by atoms with E-state index in [2.05, 4.69) is 4.98 Å². The second-order valence-corrected chi connectivity index (χ2v) is 3.37. The average Bonchev–Trinajstić information content (AvgIpc) is 2.36. The van der Waals surface area contributed by atoms with Crippen LogP contribution in [-0.4, -0.2) is 19.2 Å². The van der Waals surface area contributed by atoms with Gasteiger partial charge in [0.15, 0.2) is 0 Å². The number of aromatic nitrogens is 1. The van der Waals surface area contributed by atoms with Crippen molar-refractivity contribution in [2.24, 2.45) is 5.73 Å². The predicted octanol–water partition coefficient (Wildman–Crippen LogP) is 1.71. The minimum atomic E-state index is 0.413. The Kier molecular flexibility index (Phi) is 2.92. The number of hydrogen-bond donors (Lipinski definition) is 1. The lowest BCUT2D eigenvalue weighted by atomic mass is 10.1. The van der Waals surface area contributed by atoms with Gasteiger partial charge in [-0.2, -0.15) is 0 Å². The van der Waals surface area contributed by atoms with Gasteiger partial charge in [-0.3, -0.25) is 0 Å². The zero-order valence-corrected chi connectivity index (χ0v) is 9.36. The monoisotopic (exact) mass is 218 g/mol. The van der Waals surface area contributed by atoms with E-state index in [4.69, 9.17) is 15.2 Å². The van der Waals surface area contributed by atoms with E-state index in [0.29, 0.717) is 6.54 Å². The molecule has 84 valence electrons. The summed E-state index contributed by atoms with van der Waals surface area (Å²) in [6, 6.07) is 7.55. The summed E-state index contributed by atoms with van der Waals surface area (Å²) in [5.41, 5.74) is 7.18. The third-order valence-corrected chi connectivity index (χ3v) is 2.49. The number of pyridine rings is 1. The van der Waals surface area contributed by atoms with Gasteiger partial charge in [0, 0.05) is 11.9 Å². The molecule has 0 aliphatic heterocycles. The summed E-state index contributed by atoms with van der Waals surface area (Å²) in [5.74, 6) is 1.51. The normalized spacial score (nSPS) is 10.4. The summed E-state index contributed by atoms with van der Waals surface area (Å²) >= 11 is 0. The van der Waals surface area contributed by atoms with Crippen molar-refractivity contribution >= 4 is 10.9 Å². The van der Waals surface area contributed by atoms with Gasteiger partial charge >= 0.3 is 0 Å². The molecular formula is C12H14N2O2. The van der Waals surface area contributed by atoms with Crippen LogP contribution in [0.3, 0.4) is 0 Å². The van der Waals surface area contributed by atoms with Crippen LogP contribution >= 0.6 is 0 Å². The largest absolute Gasteiger partial charge is 0.496 e. The van der Waals surface area contributed by atoms with Gasteiger partial charge < -0.3 is 15.2 Å². The van der Waals surface area contributed by atoms with Crippen molar-refractivity contribution in [3.63, 3.8) is 0 Å². The summed E-state index contributed by atoms with van der Waals surface area (Å²) in [7, 11) is 3.26. The lowest BCUT2D eigenvalue weighted by molar-refractivity contribution is 0.409. The van der Waals surface area contributed by atoms with E-state index in [9.17, 15) is 0 Å². The molecule has 0 amide bonds. The Morgan fingerprint density at radius 3 is 2.38 bits per heavy atom. The minimum Gasteiger partial charge on any atom is -0.496 e. The van der Waals surface area contributed by atoms with Crippen molar-refractivity contribution in [1.82, 2.24) is 4.98 Å². The molecule has 0 radical (unpaired) electrons. The molecule has 16 heavy (non-hydrogen) atoms. The van der Waals surface area contributed by atoms with Crippen molar-refractivity contribution in [2.75, 3.05) is 14.2 Å². The third-order valence-electron chi connectivity index (χ3n) is 2.49. The summed E-state index contributed by atoms with van der Waals surface area (Å²) in [5, 5.41) is 0.930. The fourth-order valence-corrected chi connectivity index (χ4v) is 1.66. The third kappa shape index (κ3) is 1.67. The van der Waals surface area contributed by atoms with Crippen LogP contribution in [0.5, 0.6) is 11.5 Å². The fourth-order valence-electron chi connectivity index (χ4n) is 1.66. The fraction of sp³-hybridized carbons (Fsp3) is 0.250. The molecule has 2 N–H and O–H groups in total. The van der Waals surface area contributed by atoms with Crippen LogP contribution in [0.25, 0.3) is 10.9 Å². The minimum absolute atomic E-state index is 0.413. The second-order valence-electron chi connectivity index (χ2n) is 3.37. The molecule has 0 unspecified atom stereocenters. The number of nitrogens with zero attached hydrogens (tertiary/aromatic N) is 1. The Balaban J connectivity index is 2.74. The topological polar surface area (TPSA) is 57.4 Å². The van der Waals surface area contributed by atoms with Gasteiger partial charge in [0.25, 0.3) is 0 Å². The Morgan fingerprint density at radius 2 is 1.75 bits per heavy atom. The summed E-state index contributed by atoms with van der Waals surface area (Å²) < 4.78 is 10.5. The van der Waals surface area contributed by atoms with E-state index < -0.39 is 0 Å². The van der Waals surface area contributed by atoms with Crippen molar-refractivity contribution in [2.45, 2.75) is 6.54 Å². The van der Waals surface area contributed by atoms with E-state index in [1.54, 1.807) is 14.2 Å². The molecule has 1 heterocycles. The number of rotatable bonds is 3. The lowest BCUT2D eigenvalue weighted by Gasteiger charge is -2.09. The van der Waals surface area contributed by atoms with E-state index in [1.165, 1.54) is 0 Å². The molecule has 4 nitrogen and oxygen atoms in total. The first-order valence-corrected chi connectivity index (χ1v) is 5.01. The Morgan fingerprint density at radius 1 is 1.06 bits per heavy atom. The zero-order chi connectivity index (χ0) is 11.5. The Labute approximate surface area is 94.0 Å². The van der Waals surface area contributed by atoms with E-state index >= 15 is 0 Å². The SMILES string of the molecule is COc1ccc(OC)c2nc(CN)ccc12.